The zero-order valence-corrected chi connectivity index (χ0v) is 8.67. The van der Waals surface area contributed by atoms with Gasteiger partial charge in [0.25, 0.3) is 0 Å². The summed E-state index contributed by atoms with van der Waals surface area (Å²) in [4.78, 5) is 7.16. The third kappa shape index (κ3) is 1.74. The van der Waals surface area contributed by atoms with E-state index in [0.717, 1.165) is 23.0 Å². The predicted octanol–water partition coefficient (Wildman–Crippen LogP) is 2.11. The molecule has 0 fully saturated rings. The van der Waals surface area contributed by atoms with Crippen LogP contribution in [0, 0.1) is 0 Å². The second-order valence-electron chi connectivity index (χ2n) is 3.56. The van der Waals surface area contributed by atoms with Gasteiger partial charge >= 0.3 is 0 Å². The Labute approximate surface area is 87.3 Å². The normalized spacial score (nSPS) is 13.4. The van der Waals surface area contributed by atoms with Crippen LogP contribution in [0.1, 0.15) is 12.5 Å². The van der Waals surface area contributed by atoms with Gasteiger partial charge in [-0.3, -0.25) is 0 Å². The lowest BCUT2D eigenvalue weighted by Gasteiger charge is -2.05. The van der Waals surface area contributed by atoms with Gasteiger partial charge in [-0.15, -0.1) is 0 Å². The predicted molar refractivity (Wildman–Crippen MR) is 58.5 cm³/mol. The van der Waals surface area contributed by atoms with E-state index >= 15 is 0 Å². The Morgan fingerprint density at radius 3 is 3.07 bits per heavy atom. The number of aromatic nitrogens is 2. The number of rotatable bonds is 2. The maximum Gasteiger partial charge on any atom is 0.107 e. The number of imidazole rings is 1. The molecule has 2 rings (SSSR count). The highest BCUT2D eigenvalue weighted by Gasteiger charge is 2.05. The molecule has 2 aromatic rings. The molecule has 74 valence electrons. The minimum atomic E-state index is 0.145. The molecule has 3 nitrogen and oxygen atoms in total. The first-order valence-corrected chi connectivity index (χ1v) is 4.91. The molecular weight excluding hydrogens is 198 g/mol. The first-order valence-electron chi connectivity index (χ1n) is 4.54. The summed E-state index contributed by atoms with van der Waals surface area (Å²) in [6.45, 7) is 1.98. The number of hydrogen-bond acceptors (Lipinski definition) is 2. The van der Waals surface area contributed by atoms with Crippen LogP contribution >= 0.6 is 11.6 Å². The van der Waals surface area contributed by atoms with E-state index in [0.29, 0.717) is 5.02 Å². The molecule has 1 aromatic heterocycles. The Bertz CT molecular complexity index is 448. The SMILES string of the molecule is CC(N)Cc1cc(Cl)c2nc[nH]c2c1. The lowest BCUT2D eigenvalue weighted by atomic mass is 10.1. The van der Waals surface area contributed by atoms with Crippen molar-refractivity contribution in [1.82, 2.24) is 9.97 Å². The van der Waals surface area contributed by atoms with Crippen LogP contribution in [0.2, 0.25) is 5.02 Å². The van der Waals surface area contributed by atoms with E-state index in [9.17, 15) is 0 Å². The number of nitrogens with one attached hydrogen (secondary N) is 1. The second-order valence-corrected chi connectivity index (χ2v) is 3.96. The maximum atomic E-state index is 6.06. The lowest BCUT2D eigenvalue weighted by Crippen LogP contribution is -2.17. The van der Waals surface area contributed by atoms with Gasteiger partial charge in [0, 0.05) is 6.04 Å². The number of nitrogens with two attached hydrogens (primary N) is 1. The van der Waals surface area contributed by atoms with Gasteiger partial charge < -0.3 is 10.7 Å². The van der Waals surface area contributed by atoms with Gasteiger partial charge in [0.1, 0.15) is 5.52 Å². The van der Waals surface area contributed by atoms with E-state index in [2.05, 4.69) is 9.97 Å². The van der Waals surface area contributed by atoms with Crippen molar-refractivity contribution < 1.29 is 0 Å². The van der Waals surface area contributed by atoms with Crippen molar-refractivity contribution in [1.29, 1.82) is 0 Å². The van der Waals surface area contributed by atoms with Gasteiger partial charge in [0.15, 0.2) is 0 Å². The average molecular weight is 210 g/mol. The van der Waals surface area contributed by atoms with E-state index in [1.807, 2.05) is 19.1 Å². The quantitative estimate of drug-likeness (QED) is 0.796. The summed E-state index contributed by atoms with van der Waals surface area (Å²) in [7, 11) is 0. The summed E-state index contributed by atoms with van der Waals surface area (Å²) in [6, 6.07) is 4.11. The fraction of sp³-hybridized carbons (Fsp3) is 0.300. The Kier molecular flexibility index (Phi) is 2.44. The number of hydrogen-bond donors (Lipinski definition) is 2. The Balaban J connectivity index is 2.47. The van der Waals surface area contributed by atoms with Gasteiger partial charge in [-0.1, -0.05) is 11.6 Å². The maximum absolute atomic E-state index is 6.06. The molecule has 3 N–H and O–H groups in total. The van der Waals surface area contributed by atoms with Crippen molar-refractivity contribution >= 4 is 22.6 Å². The fourth-order valence-electron chi connectivity index (χ4n) is 1.55. The van der Waals surface area contributed by atoms with Crippen molar-refractivity contribution in [2.45, 2.75) is 19.4 Å². The highest BCUT2D eigenvalue weighted by atomic mass is 35.5. The smallest absolute Gasteiger partial charge is 0.107 e. The molecule has 0 aliphatic carbocycles. The third-order valence-electron chi connectivity index (χ3n) is 2.09. The molecule has 0 bridgehead atoms. The van der Waals surface area contributed by atoms with Gasteiger partial charge in [-0.25, -0.2) is 4.98 Å². The van der Waals surface area contributed by atoms with Gasteiger partial charge in [0.05, 0.1) is 16.9 Å². The number of benzene rings is 1. The largest absolute Gasteiger partial charge is 0.345 e. The third-order valence-corrected chi connectivity index (χ3v) is 2.38. The number of nitrogens with zero attached hydrogens (tertiary/aromatic N) is 1. The van der Waals surface area contributed by atoms with E-state index in [1.165, 1.54) is 0 Å². The van der Waals surface area contributed by atoms with Crippen LogP contribution in [0.4, 0.5) is 0 Å². The van der Waals surface area contributed by atoms with Crippen LogP contribution in [-0.2, 0) is 6.42 Å². The van der Waals surface area contributed by atoms with Crippen molar-refractivity contribution in [3.05, 3.63) is 29.0 Å². The van der Waals surface area contributed by atoms with E-state index in [4.69, 9.17) is 17.3 Å². The fourth-order valence-corrected chi connectivity index (χ4v) is 1.84. The van der Waals surface area contributed by atoms with Gasteiger partial charge in [-0.2, -0.15) is 0 Å². The van der Waals surface area contributed by atoms with Gasteiger partial charge in [0.2, 0.25) is 0 Å². The van der Waals surface area contributed by atoms with E-state index in [-0.39, 0.29) is 6.04 Å². The van der Waals surface area contributed by atoms with Crippen LogP contribution in [0.25, 0.3) is 11.0 Å². The minimum Gasteiger partial charge on any atom is -0.345 e. The van der Waals surface area contributed by atoms with Crippen molar-refractivity contribution in [3.63, 3.8) is 0 Å². The number of H-pyrrole nitrogens is 1. The number of aromatic amines is 1. The molecule has 0 spiro atoms. The molecule has 1 heterocycles. The summed E-state index contributed by atoms with van der Waals surface area (Å²) in [5.41, 5.74) is 8.65. The van der Waals surface area contributed by atoms with E-state index < -0.39 is 0 Å². The molecule has 1 atom stereocenters. The highest BCUT2D eigenvalue weighted by Crippen LogP contribution is 2.22. The first kappa shape index (κ1) is 9.49. The average Bonchev–Trinajstić information content (AvgIpc) is 2.50. The number of halogens is 1. The second kappa shape index (κ2) is 3.59. The zero-order valence-electron chi connectivity index (χ0n) is 7.92. The first-order chi connectivity index (χ1) is 6.66. The van der Waals surface area contributed by atoms with E-state index in [1.54, 1.807) is 6.33 Å². The molecule has 0 amide bonds. The molecule has 0 saturated carbocycles. The highest BCUT2D eigenvalue weighted by molar-refractivity contribution is 6.35. The van der Waals surface area contributed by atoms with Crippen molar-refractivity contribution in [2.24, 2.45) is 5.73 Å². The summed E-state index contributed by atoms with van der Waals surface area (Å²) < 4.78 is 0. The Morgan fingerprint density at radius 1 is 1.57 bits per heavy atom. The molecule has 1 unspecified atom stereocenters. The Hall–Kier alpha value is -1.06. The van der Waals surface area contributed by atoms with Crippen LogP contribution < -0.4 is 5.73 Å². The monoisotopic (exact) mass is 209 g/mol. The topological polar surface area (TPSA) is 54.7 Å². The molecular formula is C10H12ClN3. The molecule has 1 aromatic carbocycles. The summed E-state index contributed by atoms with van der Waals surface area (Å²) in [5, 5.41) is 0.680. The summed E-state index contributed by atoms with van der Waals surface area (Å²) in [5.74, 6) is 0. The molecule has 4 heteroatoms. The van der Waals surface area contributed by atoms with Crippen LogP contribution in [0.5, 0.6) is 0 Å². The standard InChI is InChI=1S/C10H12ClN3/c1-6(12)2-7-3-8(11)10-9(4-7)13-5-14-10/h3-6H,2,12H2,1H3,(H,13,14). The zero-order chi connectivity index (χ0) is 10.1. The summed E-state index contributed by atoms with van der Waals surface area (Å²) >= 11 is 6.06. The van der Waals surface area contributed by atoms with Crippen LogP contribution in [0.15, 0.2) is 18.5 Å². The molecule has 0 aliphatic rings. The summed E-state index contributed by atoms with van der Waals surface area (Å²) in [6.07, 6.45) is 2.47. The van der Waals surface area contributed by atoms with Crippen LogP contribution in [-0.4, -0.2) is 16.0 Å². The minimum absolute atomic E-state index is 0.145. The van der Waals surface area contributed by atoms with Crippen molar-refractivity contribution in [3.8, 4) is 0 Å². The van der Waals surface area contributed by atoms with Crippen LogP contribution in [0.3, 0.4) is 0 Å². The molecule has 0 saturated heterocycles. The molecule has 0 aliphatic heterocycles. The Morgan fingerprint density at radius 2 is 2.36 bits per heavy atom. The molecule has 14 heavy (non-hydrogen) atoms. The van der Waals surface area contributed by atoms with Crippen molar-refractivity contribution in [2.75, 3.05) is 0 Å². The lowest BCUT2D eigenvalue weighted by molar-refractivity contribution is 0.739. The molecule has 0 radical (unpaired) electrons. The van der Waals surface area contributed by atoms with Gasteiger partial charge in [-0.05, 0) is 31.0 Å². The number of fused-ring (bicyclic) bond motifs is 1.